The van der Waals surface area contributed by atoms with Gasteiger partial charge in [-0.05, 0) is 41.5 Å². The zero-order chi connectivity index (χ0) is 13.1. The minimum atomic E-state index is 0.0482. The molecule has 1 heterocycles. The lowest BCUT2D eigenvalue weighted by molar-refractivity contribution is -0.124. The zero-order valence-electron chi connectivity index (χ0n) is 11.2. The van der Waals surface area contributed by atoms with E-state index in [0.717, 1.165) is 32.2 Å². The highest BCUT2D eigenvalue weighted by atomic mass is 16.1. The van der Waals surface area contributed by atoms with Crippen molar-refractivity contribution in [3.05, 3.63) is 6.33 Å². The molecule has 0 spiro atoms. The predicted molar refractivity (Wildman–Crippen MR) is 69.1 cm³/mol. The highest BCUT2D eigenvalue weighted by molar-refractivity contribution is 5.77. The van der Waals surface area contributed by atoms with Gasteiger partial charge in [0.05, 0.1) is 6.54 Å². The number of hydrogen-bond acceptors (Lipinski definition) is 4. The average molecular weight is 263 g/mol. The number of rotatable bonds is 5. The number of carbonyl (C=O) groups excluding carboxylic acids is 1. The van der Waals surface area contributed by atoms with Crippen molar-refractivity contribution in [2.75, 3.05) is 0 Å². The summed E-state index contributed by atoms with van der Waals surface area (Å²) in [7, 11) is 0. The SMILES string of the molecule is O=C(CC1(Cn2cnnn2)CCCCC1)NC1CC1. The van der Waals surface area contributed by atoms with Crippen LogP contribution in [0.5, 0.6) is 0 Å². The molecule has 0 radical (unpaired) electrons. The van der Waals surface area contributed by atoms with Crippen molar-refractivity contribution < 1.29 is 4.79 Å². The van der Waals surface area contributed by atoms with Gasteiger partial charge >= 0.3 is 0 Å². The first-order chi connectivity index (χ1) is 9.26. The van der Waals surface area contributed by atoms with Crippen molar-refractivity contribution in [3.63, 3.8) is 0 Å². The van der Waals surface area contributed by atoms with Gasteiger partial charge in [0.15, 0.2) is 0 Å². The van der Waals surface area contributed by atoms with Gasteiger partial charge in [-0.2, -0.15) is 0 Å². The fourth-order valence-corrected chi connectivity index (χ4v) is 3.14. The summed E-state index contributed by atoms with van der Waals surface area (Å²) < 4.78 is 1.77. The van der Waals surface area contributed by atoms with E-state index < -0.39 is 0 Å². The number of nitrogens with zero attached hydrogens (tertiary/aromatic N) is 4. The third-order valence-electron chi connectivity index (χ3n) is 4.28. The van der Waals surface area contributed by atoms with Gasteiger partial charge < -0.3 is 5.32 Å². The van der Waals surface area contributed by atoms with Crippen LogP contribution in [0.3, 0.4) is 0 Å². The van der Waals surface area contributed by atoms with Gasteiger partial charge in [0.25, 0.3) is 0 Å². The summed E-state index contributed by atoms with van der Waals surface area (Å²) >= 11 is 0. The van der Waals surface area contributed by atoms with Crippen LogP contribution in [0.15, 0.2) is 6.33 Å². The molecule has 2 saturated carbocycles. The van der Waals surface area contributed by atoms with Crippen molar-refractivity contribution in [3.8, 4) is 0 Å². The Kier molecular flexibility index (Phi) is 3.48. The average Bonchev–Trinajstić information content (AvgIpc) is 3.04. The van der Waals surface area contributed by atoms with Gasteiger partial charge in [-0.1, -0.05) is 19.3 Å². The Labute approximate surface area is 112 Å². The number of nitrogens with one attached hydrogen (secondary N) is 1. The van der Waals surface area contributed by atoms with Crippen LogP contribution in [-0.2, 0) is 11.3 Å². The number of tetrazole rings is 1. The maximum atomic E-state index is 12.1. The molecule has 1 N–H and O–H groups in total. The highest BCUT2D eigenvalue weighted by Crippen LogP contribution is 2.40. The molecule has 0 saturated heterocycles. The van der Waals surface area contributed by atoms with E-state index in [9.17, 15) is 4.79 Å². The van der Waals surface area contributed by atoms with Crippen LogP contribution < -0.4 is 5.32 Å². The van der Waals surface area contributed by atoms with E-state index in [1.54, 1.807) is 11.0 Å². The van der Waals surface area contributed by atoms with Gasteiger partial charge in [0.2, 0.25) is 5.91 Å². The molecular weight excluding hydrogens is 242 g/mol. The fraction of sp³-hybridized carbons (Fsp3) is 0.846. The van der Waals surface area contributed by atoms with Crippen molar-refractivity contribution in [1.29, 1.82) is 0 Å². The molecule has 0 aliphatic heterocycles. The van der Waals surface area contributed by atoms with E-state index in [2.05, 4.69) is 20.8 Å². The normalized spacial score (nSPS) is 22.1. The molecular formula is C13H21N5O. The molecule has 0 atom stereocenters. The third-order valence-corrected chi connectivity index (χ3v) is 4.28. The lowest BCUT2D eigenvalue weighted by atomic mass is 9.71. The molecule has 0 unspecified atom stereocenters. The van der Waals surface area contributed by atoms with Gasteiger partial charge in [-0.3, -0.25) is 4.79 Å². The van der Waals surface area contributed by atoms with Crippen molar-refractivity contribution >= 4 is 5.91 Å². The minimum Gasteiger partial charge on any atom is -0.353 e. The molecule has 104 valence electrons. The van der Waals surface area contributed by atoms with E-state index >= 15 is 0 Å². The Hall–Kier alpha value is -1.46. The smallest absolute Gasteiger partial charge is 0.220 e. The largest absolute Gasteiger partial charge is 0.353 e. The summed E-state index contributed by atoms with van der Waals surface area (Å²) in [4.78, 5) is 12.1. The predicted octanol–water partition coefficient (Wildman–Crippen LogP) is 1.29. The molecule has 6 nitrogen and oxygen atoms in total. The topological polar surface area (TPSA) is 72.7 Å². The van der Waals surface area contributed by atoms with Crippen molar-refractivity contribution in [2.45, 2.75) is 64.0 Å². The van der Waals surface area contributed by atoms with Gasteiger partial charge in [-0.15, -0.1) is 5.10 Å². The molecule has 0 bridgehead atoms. The number of hydrogen-bond donors (Lipinski definition) is 1. The summed E-state index contributed by atoms with van der Waals surface area (Å²) in [5.74, 6) is 0.206. The first kappa shape index (κ1) is 12.6. The van der Waals surface area contributed by atoms with Crippen LogP contribution in [0.4, 0.5) is 0 Å². The van der Waals surface area contributed by atoms with Crippen molar-refractivity contribution in [1.82, 2.24) is 25.5 Å². The van der Waals surface area contributed by atoms with Crippen molar-refractivity contribution in [2.24, 2.45) is 5.41 Å². The monoisotopic (exact) mass is 263 g/mol. The Morgan fingerprint density at radius 1 is 1.32 bits per heavy atom. The molecule has 1 aromatic rings. The molecule has 2 fully saturated rings. The zero-order valence-corrected chi connectivity index (χ0v) is 11.2. The van der Waals surface area contributed by atoms with E-state index in [-0.39, 0.29) is 11.3 Å². The van der Waals surface area contributed by atoms with E-state index in [1.165, 1.54) is 19.3 Å². The first-order valence-electron chi connectivity index (χ1n) is 7.26. The van der Waals surface area contributed by atoms with E-state index in [4.69, 9.17) is 0 Å². The molecule has 19 heavy (non-hydrogen) atoms. The molecule has 2 aliphatic rings. The molecule has 0 aromatic carbocycles. The quantitative estimate of drug-likeness (QED) is 0.869. The molecule has 6 heteroatoms. The second kappa shape index (κ2) is 5.27. The number of carbonyl (C=O) groups is 1. The Morgan fingerprint density at radius 2 is 2.11 bits per heavy atom. The van der Waals surface area contributed by atoms with Gasteiger partial charge in [0, 0.05) is 12.5 Å². The number of amides is 1. The summed E-state index contributed by atoms with van der Waals surface area (Å²) in [6.45, 7) is 0.762. The second-order valence-electron chi connectivity index (χ2n) is 6.09. The van der Waals surface area contributed by atoms with E-state index in [0.29, 0.717) is 12.5 Å². The second-order valence-corrected chi connectivity index (χ2v) is 6.09. The lowest BCUT2D eigenvalue weighted by Crippen LogP contribution is -2.37. The highest BCUT2D eigenvalue weighted by Gasteiger charge is 2.36. The molecule has 1 amide bonds. The minimum absolute atomic E-state index is 0.0482. The van der Waals surface area contributed by atoms with Crippen LogP contribution in [0, 0.1) is 5.41 Å². The number of aromatic nitrogens is 4. The van der Waals surface area contributed by atoms with Crippen LogP contribution >= 0.6 is 0 Å². The first-order valence-corrected chi connectivity index (χ1v) is 7.26. The van der Waals surface area contributed by atoms with Crippen LogP contribution in [0.25, 0.3) is 0 Å². The summed E-state index contributed by atoms with van der Waals surface area (Å²) in [5.41, 5.74) is 0.0482. The lowest BCUT2D eigenvalue weighted by Gasteiger charge is -2.36. The Bertz CT molecular complexity index is 420. The maximum absolute atomic E-state index is 12.1. The van der Waals surface area contributed by atoms with Gasteiger partial charge in [0.1, 0.15) is 6.33 Å². The summed E-state index contributed by atoms with van der Waals surface area (Å²) in [6, 6.07) is 0.446. The Morgan fingerprint density at radius 3 is 2.74 bits per heavy atom. The standard InChI is InChI=1S/C13H21N5O/c19-12(15-11-4-5-11)8-13(6-2-1-3-7-13)9-18-10-14-16-17-18/h10-11H,1-9H2,(H,15,19). The van der Waals surface area contributed by atoms with E-state index in [1.807, 2.05) is 0 Å². The third kappa shape index (κ3) is 3.30. The van der Waals surface area contributed by atoms with Crippen LogP contribution in [0.1, 0.15) is 51.4 Å². The van der Waals surface area contributed by atoms with Gasteiger partial charge in [-0.25, -0.2) is 4.68 Å². The van der Waals surface area contributed by atoms with Crippen LogP contribution in [0.2, 0.25) is 0 Å². The molecule has 2 aliphatic carbocycles. The maximum Gasteiger partial charge on any atom is 0.220 e. The summed E-state index contributed by atoms with van der Waals surface area (Å²) in [5, 5.41) is 14.4. The van der Waals surface area contributed by atoms with Crippen LogP contribution in [-0.4, -0.2) is 32.2 Å². The fourth-order valence-electron chi connectivity index (χ4n) is 3.14. The molecule has 3 rings (SSSR count). The molecule has 1 aromatic heterocycles. The Balaban J connectivity index is 1.66. The summed E-state index contributed by atoms with van der Waals surface area (Å²) in [6.07, 6.45) is 10.4.